The van der Waals surface area contributed by atoms with Gasteiger partial charge in [0.1, 0.15) is 0 Å². The summed E-state index contributed by atoms with van der Waals surface area (Å²) in [7, 11) is 0. The summed E-state index contributed by atoms with van der Waals surface area (Å²) in [6, 6.07) is 10.4. The number of rotatable bonds is 1. The standard InChI is InChI=1S/C15H10BrN3/c16-11-4-3-9-6-13-14(10-2-1-5-17-8-10)18-19-15(13)12(9)7-11/h1-5,7-8H,6H2,(H,18,19). The predicted molar refractivity (Wildman–Crippen MR) is 77.8 cm³/mol. The summed E-state index contributed by atoms with van der Waals surface area (Å²) in [6.07, 6.45) is 4.57. The number of halogens is 1. The zero-order chi connectivity index (χ0) is 12.8. The van der Waals surface area contributed by atoms with E-state index in [1.807, 2.05) is 18.3 Å². The van der Waals surface area contributed by atoms with Crippen LogP contribution < -0.4 is 0 Å². The van der Waals surface area contributed by atoms with Gasteiger partial charge in [0, 0.05) is 40.0 Å². The molecule has 0 bridgehead atoms. The molecule has 1 aliphatic rings. The molecule has 1 aromatic carbocycles. The molecule has 2 aromatic heterocycles. The average molecular weight is 312 g/mol. The minimum absolute atomic E-state index is 0.929. The second kappa shape index (κ2) is 4.03. The quantitative estimate of drug-likeness (QED) is 0.581. The van der Waals surface area contributed by atoms with E-state index in [0.29, 0.717) is 0 Å². The lowest BCUT2D eigenvalue weighted by Gasteiger charge is -2.00. The van der Waals surface area contributed by atoms with Gasteiger partial charge in [0.15, 0.2) is 0 Å². The molecule has 0 aliphatic heterocycles. The molecule has 0 spiro atoms. The van der Waals surface area contributed by atoms with Crippen LogP contribution in [-0.2, 0) is 6.42 Å². The summed E-state index contributed by atoms with van der Waals surface area (Å²) in [6.45, 7) is 0. The summed E-state index contributed by atoms with van der Waals surface area (Å²) >= 11 is 3.52. The van der Waals surface area contributed by atoms with E-state index in [1.165, 1.54) is 16.7 Å². The highest BCUT2D eigenvalue weighted by Gasteiger charge is 2.25. The molecular weight excluding hydrogens is 302 g/mol. The van der Waals surface area contributed by atoms with Crippen molar-refractivity contribution in [3.8, 4) is 22.5 Å². The fourth-order valence-electron chi connectivity index (χ4n) is 2.63. The van der Waals surface area contributed by atoms with Crippen LogP contribution in [0.1, 0.15) is 11.1 Å². The van der Waals surface area contributed by atoms with Gasteiger partial charge in [-0.15, -0.1) is 0 Å². The zero-order valence-corrected chi connectivity index (χ0v) is 11.6. The van der Waals surface area contributed by atoms with Crippen molar-refractivity contribution in [2.45, 2.75) is 6.42 Å². The molecule has 0 fully saturated rings. The van der Waals surface area contributed by atoms with Crippen LogP contribution in [0.5, 0.6) is 0 Å². The van der Waals surface area contributed by atoms with Gasteiger partial charge in [0.25, 0.3) is 0 Å². The second-order valence-electron chi connectivity index (χ2n) is 4.65. The molecule has 1 aliphatic carbocycles. The van der Waals surface area contributed by atoms with Crippen molar-refractivity contribution in [2.75, 3.05) is 0 Å². The monoisotopic (exact) mass is 311 g/mol. The molecule has 0 saturated carbocycles. The van der Waals surface area contributed by atoms with Crippen LogP contribution in [0.2, 0.25) is 0 Å². The summed E-state index contributed by atoms with van der Waals surface area (Å²) in [5.41, 5.74) is 7.06. The molecule has 0 unspecified atom stereocenters. The Kier molecular flexibility index (Phi) is 2.32. The first-order chi connectivity index (χ1) is 9.33. The van der Waals surface area contributed by atoms with Crippen LogP contribution >= 0.6 is 15.9 Å². The lowest BCUT2D eigenvalue weighted by atomic mass is 10.1. The smallest absolute Gasteiger partial charge is 0.0978 e. The predicted octanol–water partition coefficient (Wildman–Crippen LogP) is 3.81. The third-order valence-electron chi connectivity index (χ3n) is 3.51. The minimum Gasteiger partial charge on any atom is -0.277 e. The zero-order valence-electron chi connectivity index (χ0n) is 10.0. The van der Waals surface area contributed by atoms with Crippen LogP contribution in [-0.4, -0.2) is 15.2 Å². The van der Waals surface area contributed by atoms with E-state index in [-0.39, 0.29) is 0 Å². The normalized spacial score (nSPS) is 12.3. The van der Waals surface area contributed by atoms with Crippen molar-refractivity contribution in [2.24, 2.45) is 0 Å². The molecule has 4 heteroatoms. The van der Waals surface area contributed by atoms with Gasteiger partial charge < -0.3 is 0 Å². The minimum atomic E-state index is 0.929. The molecule has 0 saturated heterocycles. The highest BCUT2D eigenvalue weighted by Crippen LogP contribution is 2.40. The average Bonchev–Trinajstić information content (AvgIpc) is 2.99. The number of hydrogen-bond acceptors (Lipinski definition) is 2. The SMILES string of the molecule is Brc1ccc2c(c1)-c1[nH]nc(-c3cccnc3)c1C2. The largest absolute Gasteiger partial charge is 0.277 e. The van der Waals surface area contributed by atoms with Crippen LogP contribution in [0.3, 0.4) is 0 Å². The Hall–Kier alpha value is -1.94. The van der Waals surface area contributed by atoms with Gasteiger partial charge in [0.2, 0.25) is 0 Å². The maximum absolute atomic E-state index is 4.46. The Labute approximate surface area is 118 Å². The number of nitrogens with zero attached hydrogens (tertiary/aromatic N) is 2. The van der Waals surface area contributed by atoms with Gasteiger partial charge in [-0.3, -0.25) is 10.1 Å². The van der Waals surface area contributed by atoms with Gasteiger partial charge in [-0.1, -0.05) is 22.0 Å². The molecule has 1 N–H and O–H groups in total. The molecule has 19 heavy (non-hydrogen) atoms. The van der Waals surface area contributed by atoms with Crippen molar-refractivity contribution in [3.05, 3.63) is 58.3 Å². The number of nitrogens with one attached hydrogen (secondary N) is 1. The Bertz CT molecular complexity index is 762. The van der Waals surface area contributed by atoms with Gasteiger partial charge in [-0.2, -0.15) is 5.10 Å². The molecule has 92 valence electrons. The molecule has 0 amide bonds. The third kappa shape index (κ3) is 1.64. The highest BCUT2D eigenvalue weighted by atomic mass is 79.9. The second-order valence-corrected chi connectivity index (χ2v) is 5.56. The number of benzene rings is 1. The number of H-pyrrole nitrogens is 1. The number of pyridine rings is 1. The van der Waals surface area contributed by atoms with Crippen molar-refractivity contribution in [1.29, 1.82) is 0 Å². The molecule has 3 aromatic rings. The summed E-state index contributed by atoms with van der Waals surface area (Å²) < 4.78 is 1.09. The lowest BCUT2D eigenvalue weighted by Crippen LogP contribution is -1.87. The fourth-order valence-corrected chi connectivity index (χ4v) is 2.99. The molecule has 3 nitrogen and oxygen atoms in total. The van der Waals surface area contributed by atoms with Gasteiger partial charge >= 0.3 is 0 Å². The first-order valence-corrected chi connectivity index (χ1v) is 6.88. The molecule has 4 rings (SSSR count). The molecule has 2 heterocycles. The number of aromatic nitrogens is 3. The Morgan fingerprint density at radius 2 is 2.16 bits per heavy atom. The van der Waals surface area contributed by atoms with Crippen LogP contribution in [0.15, 0.2) is 47.2 Å². The summed E-state index contributed by atoms with van der Waals surface area (Å²) in [5.74, 6) is 0. The number of fused-ring (bicyclic) bond motifs is 3. The van der Waals surface area contributed by atoms with Gasteiger partial charge in [0.05, 0.1) is 11.4 Å². The first kappa shape index (κ1) is 10.9. The van der Waals surface area contributed by atoms with E-state index in [2.05, 4.69) is 49.3 Å². The molecule has 0 atom stereocenters. The third-order valence-corrected chi connectivity index (χ3v) is 4.00. The topological polar surface area (TPSA) is 41.6 Å². The van der Waals surface area contributed by atoms with Crippen LogP contribution in [0.4, 0.5) is 0 Å². The Balaban J connectivity index is 1.90. The van der Waals surface area contributed by atoms with Gasteiger partial charge in [-0.25, -0.2) is 0 Å². The van der Waals surface area contributed by atoms with E-state index < -0.39 is 0 Å². The number of hydrogen-bond donors (Lipinski definition) is 1. The summed E-state index contributed by atoms with van der Waals surface area (Å²) in [5, 5.41) is 7.63. The van der Waals surface area contributed by atoms with E-state index in [9.17, 15) is 0 Å². The van der Waals surface area contributed by atoms with Crippen LogP contribution in [0.25, 0.3) is 22.5 Å². The van der Waals surface area contributed by atoms with E-state index in [1.54, 1.807) is 6.20 Å². The lowest BCUT2D eigenvalue weighted by molar-refractivity contribution is 1.09. The highest BCUT2D eigenvalue weighted by molar-refractivity contribution is 9.10. The Morgan fingerprint density at radius 3 is 3.00 bits per heavy atom. The van der Waals surface area contributed by atoms with Crippen molar-refractivity contribution in [3.63, 3.8) is 0 Å². The number of aromatic amines is 1. The van der Waals surface area contributed by atoms with Crippen LogP contribution in [0, 0.1) is 0 Å². The maximum Gasteiger partial charge on any atom is 0.0978 e. The fraction of sp³-hybridized carbons (Fsp3) is 0.0667. The molecule has 0 radical (unpaired) electrons. The van der Waals surface area contributed by atoms with Crippen molar-refractivity contribution >= 4 is 15.9 Å². The van der Waals surface area contributed by atoms with E-state index >= 15 is 0 Å². The van der Waals surface area contributed by atoms with Crippen molar-refractivity contribution < 1.29 is 0 Å². The Morgan fingerprint density at radius 1 is 1.21 bits per heavy atom. The summed E-state index contributed by atoms with van der Waals surface area (Å²) in [4.78, 5) is 4.17. The maximum atomic E-state index is 4.46. The molecular formula is C15H10BrN3. The van der Waals surface area contributed by atoms with E-state index in [4.69, 9.17) is 0 Å². The first-order valence-electron chi connectivity index (χ1n) is 6.09. The van der Waals surface area contributed by atoms with Gasteiger partial charge in [-0.05, 0) is 29.8 Å². The van der Waals surface area contributed by atoms with Crippen molar-refractivity contribution in [1.82, 2.24) is 15.2 Å². The van der Waals surface area contributed by atoms with E-state index in [0.717, 1.165) is 27.8 Å².